The molecule has 1 aliphatic carbocycles. The number of piperazine rings is 1. The predicted octanol–water partition coefficient (Wildman–Crippen LogP) is 0.849. The number of ether oxygens (including phenoxy) is 1. The van der Waals surface area contributed by atoms with E-state index in [-0.39, 0.29) is 0 Å². The van der Waals surface area contributed by atoms with E-state index in [0.29, 0.717) is 6.04 Å². The summed E-state index contributed by atoms with van der Waals surface area (Å²) >= 11 is 0. The highest BCUT2D eigenvalue weighted by molar-refractivity contribution is 4.93. The van der Waals surface area contributed by atoms with Gasteiger partial charge in [-0.05, 0) is 31.6 Å². The second-order valence-electron chi connectivity index (χ2n) is 5.26. The third-order valence-corrected chi connectivity index (χ3v) is 4.08. The SMILES string of the molecule is C1COCC(N2CCNC(C3CC3)C2)C1. The molecule has 0 radical (unpaired) electrons. The van der Waals surface area contributed by atoms with Crippen LogP contribution >= 0.6 is 0 Å². The zero-order valence-electron chi connectivity index (χ0n) is 9.45. The zero-order valence-corrected chi connectivity index (χ0v) is 9.45. The van der Waals surface area contributed by atoms with E-state index in [4.69, 9.17) is 4.74 Å². The second-order valence-corrected chi connectivity index (χ2v) is 5.26. The van der Waals surface area contributed by atoms with Crippen LogP contribution in [0.5, 0.6) is 0 Å². The van der Waals surface area contributed by atoms with Gasteiger partial charge in [-0.3, -0.25) is 4.90 Å². The van der Waals surface area contributed by atoms with Crippen LogP contribution < -0.4 is 5.32 Å². The average Bonchev–Trinajstić information content (AvgIpc) is 3.14. The Kier molecular flexibility index (Phi) is 2.95. The maximum atomic E-state index is 5.58. The van der Waals surface area contributed by atoms with Crippen molar-refractivity contribution in [1.82, 2.24) is 10.2 Å². The molecular formula is C12H22N2O. The monoisotopic (exact) mass is 210 g/mol. The summed E-state index contributed by atoms with van der Waals surface area (Å²) in [4.78, 5) is 2.67. The third kappa shape index (κ3) is 2.35. The Morgan fingerprint density at radius 3 is 2.87 bits per heavy atom. The Balaban J connectivity index is 1.55. The van der Waals surface area contributed by atoms with Gasteiger partial charge >= 0.3 is 0 Å². The fourth-order valence-corrected chi connectivity index (χ4v) is 2.96. The molecule has 3 aliphatic rings. The van der Waals surface area contributed by atoms with E-state index in [9.17, 15) is 0 Å². The maximum absolute atomic E-state index is 5.58. The summed E-state index contributed by atoms with van der Waals surface area (Å²) < 4.78 is 5.58. The molecule has 2 saturated heterocycles. The first-order chi connectivity index (χ1) is 7.43. The summed E-state index contributed by atoms with van der Waals surface area (Å²) in [6.07, 6.45) is 5.50. The first-order valence-corrected chi connectivity index (χ1v) is 6.48. The number of nitrogens with one attached hydrogen (secondary N) is 1. The Morgan fingerprint density at radius 2 is 2.13 bits per heavy atom. The molecular weight excluding hydrogens is 188 g/mol. The number of rotatable bonds is 2. The summed E-state index contributed by atoms with van der Waals surface area (Å²) in [5.41, 5.74) is 0. The Morgan fingerprint density at radius 1 is 1.20 bits per heavy atom. The normalized spacial score (nSPS) is 39.2. The molecule has 2 atom stereocenters. The highest BCUT2D eigenvalue weighted by Gasteiger charge is 2.35. The smallest absolute Gasteiger partial charge is 0.0621 e. The average molecular weight is 210 g/mol. The van der Waals surface area contributed by atoms with Crippen LogP contribution in [0.1, 0.15) is 25.7 Å². The van der Waals surface area contributed by atoms with Gasteiger partial charge in [0.2, 0.25) is 0 Å². The van der Waals surface area contributed by atoms with Crippen molar-refractivity contribution in [3.8, 4) is 0 Å². The van der Waals surface area contributed by atoms with E-state index in [0.717, 1.165) is 25.2 Å². The molecule has 1 saturated carbocycles. The van der Waals surface area contributed by atoms with E-state index in [1.165, 1.54) is 45.3 Å². The van der Waals surface area contributed by atoms with Crippen molar-refractivity contribution < 1.29 is 4.74 Å². The first kappa shape index (κ1) is 10.1. The van der Waals surface area contributed by atoms with Crippen molar-refractivity contribution in [3.63, 3.8) is 0 Å². The minimum absolute atomic E-state index is 0.710. The largest absolute Gasteiger partial charge is 0.380 e. The molecule has 3 rings (SSSR count). The minimum Gasteiger partial charge on any atom is -0.380 e. The molecule has 0 aromatic heterocycles. The van der Waals surface area contributed by atoms with Gasteiger partial charge in [-0.1, -0.05) is 0 Å². The Bertz CT molecular complexity index is 212. The lowest BCUT2D eigenvalue weighted by Crippen LogP contribution is -2.56. The molecule has 86 valence electrons. The highest BCUT2D eigenvalue weighted by Crippen LogP contribution is 2.34. The summed E-state index contributed by atoms with van der Waals surface area (Å²) in [7, 11) is 0. The molecule has 3 nitrogen and oxygen atoms in total. The number of hydrogen-bond donors (Lipinski definition) is 1. The van der Waals surface area contributed by atoms with E-state index in [1.807, 2.05) is 0 Å². The molecule has 3 fully saturated rings. The molecule has 3 heteroatoms. The van der Waals surface area contributed by atoms with Gasteiger partial charge in [0.25, 0.3) is 0 Å². The topological polar surface area (TPSA) is 24.5 Å². The lowest BCUT2D eigenvalue weighted by atomic mass is 10.0. The minimum atomic E-state index is 0.710. The molecule has 0 aromatic rings. The lowest BCUT2D eigenvalue weighted by molar-refractivity contribution is 0.00590. The highest BCUT2D eigenvalue weighted by atomic mass is 16.5. The Labute approximate surface area is 92.2 Å². The fraction of sp³-hybridized carbons (Fsp3) is 1.00. The molecule has 2 unspecified atom stereocenters. The standard InChI is InChI=1S/C12H22N2O/c1-2-11(9-15-7-1)14-6-5-13-12(8-14)10-3-4-10/h10-13H,1-9H2. The van der Waals surface area contributed by atoms with Crippen LogP contribution in [0.2, 0.25) is 0 Å². The van der Waals surface area contributed by atoms with Crippen molar-refractivity contribution in [3.05, 3.63) is 0 Å². The zero-order chi connectivity index (χ0) is 10.1. The predicted molar refractivity (Wildman–Crippen MR) is 59.9 cm³/mol. The number of nitrogens with zero attached hydrogens (tertiary/aromatic N) is 1. The van der Waals surface area contributed by atoms with Gasteiger partial charge in [-0.2, -0.15) is 0 Å². The van der Waals surface area contributed by atoms with Crippen molar-refractivity contribution >= 4 is 0 Å². The van der Waals surface area contributed by atoms with Crippen LogP contribution in [0.15, 0.2) is 0 Å². The van der Waals surface area contributed by atoms with Gasteiger partial charge < -0.3 is 10.1 Å². The summed E-state index contributed by atoms with van der Waals surface area (Å²) in [5, 5.41) is 3.67. The van der Waals surface area contributed by atoms with Gasteiger partial charge in [0, 0.05) is 38.3 Å². The van der Waals surface area contributed by atoms with Crippen LogP contribution in [0.4, 0.5) is 0 Å². The van der Waals surface area contributed by atoms with E-state index in [1.54, 1.807) is 0 Å². The molecule has 0 spiro atoms. The Hall–Kier alpha value is -0.120. The lowest BCUT2D eigenvalue weighted by Gasteiger charge is -2.40. The third-order valence-electron chi connectivity index (χ3n) is 4.08. The molecule has 0 aromatic carbocycles. The van der Waals surface area contributed by atoms with Gasteiger partial charge in [0.05, 0.1) is 6.61 Å². The number of hydrogen-bond acceptors (Lipinski definition) is 3. The van der Waals surface area contributed by atoms with Gasteiger partial charge in [-0.25, -0.2) is 0 Å². The van der Waals surface area contributed by atoms with E-state index >= 15 is 0 Å². The van der Waals surface area contributed by atoms with Gasteiger partial charge in [0.15, 0.2) is 0 Å². The molecule has 1 N–H and O–H groups in total. The van der Waals surface area contributed by atoms with Gasteiger partial charge in [-0.15, -0.1) is 0 Å². The van der Waals surface area contributed by atoms with Crippen LogP contribution in [0.3, 0.4) is 0 Å². The van der Waals surface area contributed by atoms with Crippen molar-refractivity contribution in [2.24, 2.45) is 5.92 Å². The first-order valence-electron chi connectivity index (χ1n) is 6.48. The van der Waals surface area contributed by atoms with Gasteiger partial charge in [0.1, 0.15) is 0 Å². The molecule has 0 amide bonds. The molecule has 2 aliphatic heterocycles. The van der Waals surface area contributed by atoms with E-state index < -0.39 is 0 Å². The maximum Gasteiger partial charge on any atom is 0.0621 e. The van der Waals surface area contributed by atoms with Crippen molar-refractivity contribution in [1.29, 1.82) is 0 Å². The molecule has 2 heterocycles. The van der Waals surface area contributed by atoms with E-state index in [2.05, 4.69) is 10.2 Å². The van der Waals surface area contributed by atoms with Crippen LogP contribution in [-0.4, -0.2) is 49.8 Å². The summed E-state index contributed by atoms with van der Waals surface area (Å²) in [6.45, 7) is 5.61. The quantitative estimate of drug-likeness (QED) is 0.731. The summed E-state index contributed by atoms with van der Waals surface area (Å²) in [5.74, 6) is 0.984. The molecule has 0 bridgehead atoms. The summed E-state index contributed by atoms with van der Waals surface area (Å²) in [6, 6.07) is 1.49. The van der Waals surface area contributed by atoms with Crippen LogP contribution in [-0.2, 0) is 4.74 Å². The van der Waals surface area contributed by atoms with Crippen LogP contribution in [0.25, 0.3) is 0 Å². The van der Waals surface area contributed by atoms with Crippen molar-refractivity contribution in [2.75, 3.05) is 32.8 Å². The molecule has 15 heavy (non-hydrogen) atoms. The second kappa shape index (κ2) is 4.40. The van der Waals surface area contributed by atoms with Crippen molar-refractivity contribution in [2.45, 2.75) is 37.8 Å². The fourth-order valence-electron chi connectivity index (χ4n) is 2.96. The van der Waals surface area contributed by atoms with Crippen LogP contribution in [0, 0.1) is 5.92 Å².